The van der Waals surface area contributed by atoms with Crippen molar-refractivity contribution in [3.63, 3.8) is 0 Å². The number of unbranched alkanes of at least 4 members (excludes halogenated alkanes) is 1. The Morgan fingerprint density at radius 2 is 1.72 bits per heavy atom. The summed E-state index contributed by atoms with van der Waals surface area (Å²) >= 11 is 0. The summed E-state index contributed by atoms with van der Waals surface area (Å²) in [6, 6.07) is 9.84. The van der Waals surface area contributed by atoms with E-state index in [4.69, 9.17) is 9.47 Å². The summed E-state index contributed by atoms with van der Waals surface area (Å²) in [5, 5.41) is 20.5. The molecule has 0 saturated carbocycles. The molecule has 0 aromatic heterocycles. The second-order valence-electron chi connectivity index (χ2n) is 5.78. The Bertz CT molecular complexity index is 735. The third kappa shape index (κ3) is 4.00. The molecule has 5 heteroatoms. The van der Waals surface area contributed by atoms with Gasteiger partial charge in [0.15, 0.2) is 12.1 Å². The summed E-state index contributed by atoms with van der Waals surface area (Å²) in [7, 11) is 2.99. The maximum atomic E-state index is 13.0. The lowest BCUT2D eigenvalue weighted by molar-refractivity contribution is -0.106. The van der Waals surface area contributed by atoms with E-state index in [0.717, 1.165) is 12.8 Å². The monoisotopic (exact) mass is 344 g/mol. The lowest BCUT2D eigenvalue weighted by Crippen LogP contribution is -2.12. The van der Waals surface area contributed by atoms with E-state index in [2.05, 4.69) is 0 Å². The average Bonchev–Trinajstić information content (AvgIpc) is 2.63. The van der Waals surface area contributed by atoms with E-state index in [1.165, 1.54) is 26.4 Å². The molecule has 2 rings (SSSR count). The van der Waals surface area contributed by atoms with Gasteiger partial charge in [0.1, 0.15) is 11.5 Å². The number of benzene rings is 2. The molecule has 0 heterocycles. The van der Waals surface area contributed by atoms with Crippen LogP contribution in [0.25, 0.3) is 0 Å². The van der Waals surface area contributed by atoms with E-state index in [-0.39, 0.29) is 22.8 Å². The van der Waals surface area contributed by atoms with E-state index in [1.54, 1.807) is 24.3 Å². The number of phenols is 2. The van der Waals surface area contributed by atoms with Gasteiger partial charge in [0.2, 0.25) is 0 Å². The molecule has 134 valence electrons. The van der Waals surface area contributed by atoms with Gasteiger partial charge in [0.05, 0.1) is 5.56 Å². The van der Waals surface area contributed by atoms with Crippen molar-refractivity contribution in [1.29, 1.82) is 0 Å². The van der Waals surface area contributed by atoms with Crippen LogP contribution < -0.4 is 0 Å². The zero-order chi connectivity index (χ0) is 18.4. The first-order valence-electron chi connectivity index (χ1n) is 8.28. The van der Waals surface area contributed by atoms with E-state index in [1.807, 2.05) is 6.92 Å². The third-order valence-electron chi connectivity index (χ3n) is 4.17. The van der Waals surface area contributed by atoms with Crippen LogP contribution >= 0.6 is 0 Å². The molecule has 0 aliphatic heterocycles. The van der Waals surface area contributed by atoms with Crippen molar-refractivity contribution in [2.24, 2.45) is 0 Å². The van der Waals surface area contributed by atoms with Gasteiger partial charge in [-0.2, -0.15) is 0 Å². The van der Waals surface area contributed by atoms with Crippen LogP contribution in [0.4, 0.5) is 0 Å². The third-order valence-corrected chi connectivity index (χ3v) is 4.17. The van der Waals surface area contributed by atoms with Gasteiger partial charge in [0, 0.05) is 30.9 Å². The van der Waals surface area contributed by atoms with Gasteiger partial charge >= 0.3 is 0 Å². The first-order valence-corrected chi connectivity index (χ1v) is 8.28. The maximum Gasteiger partial charge on any atom is 0.197 e. The number of ketones is 1. The number of hydrogen-bond acceptors (Lipinski definition) is 5. The van der Waals surface area contributed by atoms with Gasteiger partial charge in [-0.15, -0.1) is 0 Å². The molecule has 2 N–H and O–H groups in total. The molecule has 5 nitrogen and oxygen atoms in total. The molecule has 0 amide bonds. The van der Waals surface area contributed by atoms with E-state index >= 15 is 0 Å². The zero-order valence-electron chi connectivity index (χ0n) is 14.8. The standard InChI is InChI=1S/C20H24O5/c1-4-5-8-15-17(21)12-11-16(19(15)23)18(22)13-9-6-7-10-14(13)20(24-2)25-3/h6-7,9-12,20-21,23H,4-5,8H2,1-3H3. The number of aromatic hydroxyl groups is 2. The van der Waals surface area contributed by atoms with E-state index in [0.29, 0.717) is 23.1 Å². The molecule has 0 saturated heterocycles. The van der Waals surface area contributed by atoms with Gasteiger partial charge in [-0.1, -0.05) is 37.6 Å². The molecule has 0 spiro atoms. The first-order chi connectivity index (χ1) is 12.0. The Hall–Kier alpha value is -2.37. The molecular weight excluding hydrogens is 320 g/mol. The minimum atomic E-state index is -0.682. The van der Waals surface area contributed by atoms with Crippen molar-refractivity contribution in [3.8, 4) is 11.5 Å². The molecule has 0 fully saturated rings. The zero-order valence-corrected chi connectivity index (χ0v) is 14.8. The number of ether oxygens (including phenoxy) is 2. The maximum absolute atomic E-state index is 13.0. The lowest BCUT2D eigenvalue weighted by Gasteiger charge is -2.18. The summed E-state index contributed by atoms with van der Waals surface area (Å²) < 4.78 is 10.5. The number of carbonyl (C=O) groups is 1. The van der Waals surface area contributed by atoms with Gasteiger partial charge < -0.3 is 19.7 Å². The predicted molar refractivity (Wildman–Crippen MR) is 95.0 cm³/mol. The smallest absolute Gasteiger partial charge is 0.197 e. The average molecular weight is 344 g/mol. The fourth-order valence-corrected chi connectivity index (χ4v) is 2.81. The highest BCUT2D eigenvalue weighted by Gasteiger charge is 2.23. The highest BCUT2D eigenvalue weighted by atomic mass is 16.7. The largest absolute Gasteiger partial charge is 0.508 e. The van der Waals surface area contributed by atoms with Crippen molar-refractivity contribution in [2.45, 2.75) is 32.5 Å². The molecule has 2 aromatic carbocycles. The minimum Gasteiger partial charge on any atom is -0.508 e. The summed E-state index contributed by atoms with van der Waals surface area (Å²) in [6.07, 6.45) is 1.56. The normalized spacial score (nSPS) is 11.0. The number of methoxy groups -OCH3 is 2. The Balaban J connectivity index is 2.49. The number of phenolic OH excluding ortho intramolecular Hbond substituents is 2. The van der Waals surface area contributed by atoms with Crippen LogP contribution in [0.3, 0.4) is 0 Å². The fourth-order valence-electron chi connectivity index (χ4n) is 2.81. The molecule has 0 bridgehead atoms. The quantitative estimate of drug-likeness (QED) is 0.560. The van der Waals surface area contributed by atoms with Crippen LogP contribution in [0.5, 0.6) is 11.5 Å². The Kier molecular flexibility index (Phi) is 6.56. The predicted octanol–water partition coefficient (Wildman–Crippen LogP) is 3.96. The van der Waals surface area contributed by atoms with Crippen molar-refractivity contribution in [1.82, 2.24) is 0 Å². The van der Waals surface area contributed by atoms with Gasteiger partial charge in [-0.05, 0) is 25.0 Å². The fraction of sp³-hybridized carbons (Fsp3) is 0.350. The first kappa shape index (κ1) is 19.0. The van der Waals surface area contributed by atoms with Crippen LogP contribution in [0.15, 0.2) is 36.4 Å². The second-order valence-corrected chi connectivity index (χ2v) is 5.78. The lowest BCUT2D eigenvalue weighted by atomic mass is 9.94. The number of hydrogen-bond donors (Lipinski definition) is 2. The van der Waals surface area contributed by atoms with Gasteiger partial charge in [-0.3, -0.25) is 4.79 Å². The van der Waals surface area contributed by atoms with Crippen molar-refractivity contribution >= 4 is 5.78 Å². The Morgan fingerprint density at radius 3 is 2.36 bits per heavy atom. The Morgan fingerprint density at radius 1 is 1.04 bits per heavy atom. The molecule has 0 radical (unpaired) electrons. The van der Waals surface area contributed by atoms with Crippen LogP contribution in [0.1, 0.15) is 53.1 Å². The van der Waals surface area contributed by atoms with E-state index in [9.17, 15) is 15.0 Å². The summed E-state index contributed by atoms with van der Waals surface area (Å²) in [6.45, 7) is 2.02. The van der Waals surface area contributed by atoms with Gasteiger partial charge in [0.25, 0.3) is 0 Å². The minimum absolute atomic E-state index is 0.00226. The van der Waals surface area contributed by atoms with Crippen LogP contribution in [-0.2, 0) is 15.9 Å². The SMILES string of the molecule is CCCCc1c(O)ccc(C(=O)c2ccccc2C(OC)OC)c1O. The summed E-state index contributed by atoms with van der Waals surface area (Å²) in [5.74, 6) is -0.507. The highest BCUT2D eigenvalue weighted by molar-refractivity contribution is 6.12. The molecule has 25 heavy (non-hydrogen) atoms. The Labute approximate surface area is 147 Å². The van der Waals surface area contributed by atoms with Crippen molar-refractivity contribution in [2.75, 3.05) is 14.2 Å². The summed E-state index contributed by atoms with van der Waals surface area (Å²) in [5.41, 5.74) is 1.53. The van der Waals surface area contributed by atoms with Crippen molar-refractivity contribution in [3.05, 3.63) is 58.7 Å². The van der Waals surface area contributed by atoms with Crippen LogP contribution in [-0.4, -0.2) is 30.2 Å². The van der Waals surface area contributed by atoms with Gasteiger partial charge in [-0.25, -0.2) is 0 Å². The van der Waals surface area contributed by atoms with Crippen molar-refractivity contribution < 1.29 is 24.5 Å². The topological polar surface area (TPSA) is 76.0 Å². The van der Waals surface area contributed by atoms with Crippen LogP contribution in [0, 0.1) is 0 Å². The summed E-state index contributed by atoms with van der Waals surface area (Å²) in [4.78, 5) is 13.0. The molecule has 0 atom stereocenters. The van der Waals surface area contributed by atoms with E-state index < -0.39 is 6.29 Å². The molecule has 0 aliphatic carbocycles. The highest BCUT2D eigenvalue weighted by Crippen LogP contribution is 2.34. The molecule has 0 aliphatic rings. The molecule has 2 aromatic rings. The van der Waals surface area contributed by atoms with Crippen LogP contribution in [0.2, 0.25) is 0 Å². The number of carbonyl (C=O) groups excluding carboxylic acids is 1. The molecular formula is C20H24O5. The number of rotatable bonds is 8. The molecule has 0 unspecified atom stereocenters. The second kappa shape index (κ2) is 8.65.